The largest absolute Gasteiger partial charge is 0.504 e. The molecule has 0 spiro atoms. The van der Waals surface area contributed by atoms with Crippen molar-refractivity contribution in [1.82, 2.24) is 0 Å². The smallest absolute Gasteiger partial charge is 0.331 e. The molecule has 0 saturated carbocycles. The number of hydrogen-bond donors (Lipinski definition) is 7. The van der Waals surface area contributed by atoms with E-state index in [2.05, 4.69) is 0 Å². The number of aliphatic hydroxyl groups is 3. The van der Waals surface area contributed by atoms with E-state index in [4.69, 9.17) is 14.2 Å². The molecular formula is C23H26O11. The normalized spacial score (nSPS) is 24.9. The minimum Gasteiger partial charge on any atom is -0.504 e. The van der Waals surface area contributed by atoms with Crippen molar-refractivity contribution in [2.24, 2.45) is 0 Å². The number of esters is 1. The Balaban J connectivity index is 1.62. The number of aliphatic hydroxyl groups excluding tert-OH is 3. The highest BCUT2D eigenvalue weighted by atomic mass is 16.7. The molecule has 34 heavy (non-hydrogen) atoms. The van der Waals surface area contributed by atoms with E-state index in [0.717, 1.165) is 6.08 Å². The van der Waals surface area contributed by atoms with Crippen molar-refractivity contribution in [2.45, 2.75) is 37.1 Å². The predicted octanol–water partition coefficient (Wildman–Crippen LogP) is 0.132. The number of aromatic hydroxyl groups is 4. The molecule has 0 aromatic heterocycles. The third-order valence-electron chi connectivity index (χ3n) is 5.20. The summed E-state index contributed by atoms with van der Waals surface area (Å²) < 4.78 is 16.1. The molecular weight excluding hydrogens is 452 g/mol. The van der Waals surface area contributed by atoms with Gasteiger partial charge in [-0.2, -0.15) is 0 Å². The average molecular weight is 478 g/mol. The number of rotatable bonds is 8. The third-order valence-corrected chi connectivity index (χ3v) is 5.20. The van der Waals surface area contributed by atoms with Crippen LogP contribution in [0.3, 0.4) is 0 Å². The van der Waals surface area contributed by atoms with Crippen molar-refractivity contribution in [3.63, 3.8) is 0 Å². The van der Waals surface area contributed by atoms with Crippen molar-refractivity contribution in [3.05, 3.63) is 53.6 Å². The van der Waals surface area contributed by atoms with Gasteiger partial charge in [0.05, 0.1) is 13.2 Å². The van der Waals surface area contributed by atoms with Gasteiger partial charge >= 0.3 is 5.97 Å². The highest BCUT2D eigenvalue weighted by Crippen LogP contribution is 2.28. The van der Waals surface area contributed by atoms with Crippen molar-refractivity contribution in [2.75, 3.05) is 13.2 Å². The maximum atomic E-state index is 12.3. The van der Waals surface area contributed by atoms with Crippen LogP contribution in [-0.2, 0) is 25.4 Å². The Kier molecular flexibility index (Phi) is 8.31. The summed E-state index contributed by atoms with van der Waals surface area (Å²) in [6, 6.07) is 8.13. The summed E-state index contributed by atoms with van der Waals surface area (Å²) in [6.45, 7) is -0.624. The lowest BCUT2D eigenvalue weighted by atomic mass is 9.99. The lowest BCUT2D eigenvalue weighted by Gasteiger charge is -2.41. The Labute approximate surface area is 194 Å². The molecule has 3 rings (SSSR count). The van der Waals surface area contributed by atoms with E-state index >= 15 is 0 Å². The van der Waals surface area contributed by atoms with Crippen LogP contribution >= 0.6 is 0 Å². The second-order valence-electron chi connectivity index (χ2n) is 7.63. The van der Waals surface area contributed by atoms with Crippen LogP contribution in [0, 0.1) is 0 Å². The van der Waals surface area contributed by atoms with Crippen LogP contribution in [0.4, 0.5) is 0 Å². The first kappa shape index (κ1) is 25.3. The number of benzene rings is 2. The van der Waals surface area contributed by atoms with Gasteiger partial charge < -0.3 is 50.0 Å². The topological polar surface area (TPSA) is 186 Å². The lowest BCUT2D eigenvalue weighted by Crippen LogP contribution is -2.60. The summed E-state index contributed by atoms with van der Waals surface area (Å²) in [7, 11) is 0. The van der Waals surface area contributed by atoms with E-state index in [-0.39, 0.29) is 36.0 Å². The second kappa shape index (κ2) is 11.2. The van der Waals surface area contributed by atoms with Gasteiger partial charge in [-0.05, 0) is 47.9 Å². The van der Waals surface area contributed by atoms with Gasteiger partial charge in [0.25, 0.3) is 0 Å². The van der Waals surface area contributed by atoms with E-state index < -0.39 is 43.3 Å². The molecule has 1 heterocycles. The summed E-state index contributed by atoms with van der Waals surface area (Å²) in [5.74, 6) is -2.18. The second-order valence-corrected chi connectivity index (χ2v) is 7.63. The molecule has 2 aromatic rings. The maximum Gasteiger partial charge on any atom is 0.331 e. The van der Waals surface area contributed by atoms with Gasteiger partial charge in [0.2, 0.25) is 0 Å². The van der Waals surface area contributed by atoms with Crippen molar-refractivity contribution < 1.29 is 54.8 Å². The number of phenolic OH excluding ortho intramolecular Hbond substituents is 4. The zero-order valence-corrected chi connectivity index (χ0v) is 17.9. The molecule has 1 saturated heterocycles. The monoisotopic (exact) mass is 478 g/mol. The van der Waals surface area contributed by atoms with Gasteiger partial charge in [-0.1, -0.05) is 12.1 Å². The number of ether oxygens (including phenoxy) is 3. The Morgan fingerprint density at radius 1 is 0.941 bits per heavy atom. The highest BCUT2D eigenvalue weighted by Gasteiger charge is 2.47. The first-order chi connectivity index (χ1) is 16.2. The van der Waals surface area contributed by atoms with Crippen LogP contribution in [0.15, 0.2) is 42.5 Å². The van der Waals surface area contributed by atoms with Crippen LogP contribution in [0.1, 0.15) is 11.1 Å². The number of carbonyl (C=O) groups excluding carboxylic acids is 1. The SMILES string of the molecule is O=C(C=Cc1ccc(O)c(O)c1)O[C@H]1[C@@H](O)[C@H](OCCc2ccc(O)c(O)c2)O[C@H](CO)[C@H]1O. The molecule has 1 aliphatic heterocycles. The lowest BCUT2D eigenvalue weighted by molar-refractivity contribution is -0.302. The zero-order chi connectivity index (χ0) is 24.8. The van der Waals surface area contributed by atoms with E-state index in [1.807, 2.05) is 0 Å². The molecule has 1 fully saturated rings. The van der Waals surface area contributed by atoms with E-state index in [1.54, 1.807) is 6.07 Å². The first-order valence-electron chi connectivity index (χ1n) is 10.3. The molecule has 0 unspecified atom stereocenters. The van der Waals surface area contributed by atoms with Crippen molar-refractivity contribution >= 4 is 12.0 Å². The first-order valence-corrected chi connectivity index (χ1v) is 10.3. The van der Waals surface area contributed by atoms with Crippen LogP contribution in [0.25, 0.3) is 6.08 Å². The molecule has 1 aliphatic rings. The summed E-state index contributed by atoms with van der Waals surface area (Å²) in [4.78, 5) is 12.3. The minimum absolute atomic E-state index is 0.00506. The van der Waals surface area contributed by atoms with Crippen LogP contribution in [-0.4, -0.2) is 85.6 Å². The molecule has 5 atom stereocenters. The van der Waals surface area contributed by atoms with E-state index in [1.165, 1.54) is 36.4 Å². The molecule has 11 heteroatoms. The van der Waals surface area contributed by atoms with Gasteiger partial charge in [-0.25, -0.2) is 4.79 Å². The Bertz CT molecular complexity index is 1020. The Morgan fingerprint density at radius 2 is 1.62 bits per heavy atom. The maximum absolute atomic E-state index is 12.3. The number of phenols is 4. The molecule has 7 N–H and O–H groups in total. The highest BCUT2D eigenvalue weighted by molar-refractivity contribution is 5.87. The molecule has 2 aromatic carbocycles. The van der Waals surface area contributed by atoms with Gasteiger partial charge in [-0.15, -0.1) is 0 Å². The van der Waals surface area contributed by atoms with Crippen molar-refractivity contribution in [3.8, 4) is 23.0 Å². The molecule has 0 bridgehead atoms. The van der Waals surface area contributed by atoms with Crippen molar-refractivity contribution in [1.29, 1.82) is 0 Å². The van der Waals surface area contributed by atoms with Gasteiger partial charge in [0.15, 0.2) is 35.4 Å². The fraction of sp³-hybridized carbons (Fsp3) is 0.348. The quantitative estimate of drug-likeness (QED) is 0.155. The molecule has 0 aliphatic carbocycles. The van der Waals surface area contributed by atoms with Gasteiger partial charge in [0.1, 0.15) is 18.3 Å². The molecule has 0 radical (unpaired) electrons. The van der Waals surface area contributed by atoms with E-state index in [0.29, 0.717) is 11.1 Å². The van der Waals surface area contributed by atoms with E-state index in [9.17, 15) is 40.5 Å². The summed E-state index contributed by atoms with van der Waals surface area (Å²) in [5, 5.41) is 68.2. The van der Waals surface area contributed by atoms with Crippen LogP contribution < -0.4 is 0 Å². The van der Waals surface area contributed by atoms with Crippen LogP contribution in [0.2, 0.25) is 0 Å². The van der Waals surface area contributed by atoms with Gasteiger partial charge in [-0.3, -0.25) is 0 Å². The predicted molar refractivity (Wildman–Crippen MR) is 116 cm³/mol. The summed E-state index contributed by atoms with van der Waals surface area (Å²) in [5.41, 5.74) is 1.02. The Morgan fingerprint density at radius 3 is 2.26 bits per heavy atom. The standard InChI is InChI=1S/C23H26O11/c24-11-18-20(30)22(34-19(29)6-3-12-1-4-14(25)16(27)9-12)21(31)23(33-18)32-8-7-13-2-5-15(26)17(28)10-13/h1-6,9-10,18,20-28,30-31H,7-8,11H2/t18-,20-,21-,22-,23-/m1/s1. The van der Waals surface area contributed by atoms with Gasteiger partial charge in [0, 0.05) is 6.08 Å². The molecule has 0 amide bonds. The number of hydrogen-bond acceptors (Lipinski definition) is 11. The van der Waals surface area contributed by atoms with Crippen LogP contribution in [0.5, 0.6) is 23.0 Å². The summed E-state index contributed by atoms with van der Waals surface area (Å²) in [6.07, 6.45) is -4.54. The minimum atomic E-state index is -1.58. The molecule has 11 nitrogen and oxygen atoms in total. The zero-order valence-electron chi connectivity index (χ0n) is 17.9. The average Bonchev–Trinajstić information content (AvgIpc) is 2.81. The summed E-state index contributed by atoms with van der Waals surface area (Å²) >= 11 is 0. The fourth-order valence-corrected chi connectivity index (χ4v) is 3.33. The Hall–Kier alpha value is -3.35. The molecule has 184 valence electrons. The fourth-order valence-electron chi connectivity index (χ4n) is 3.33. The number of carbonyl (C=O) groups is 1. The third kappa shape index (κ3) is 6.16.